The fourth-order valence-electron chi connectivity index (χ4n) is 0.454. The fraction of sp³-hybridized carbons (Fsp3) is 0.667. The van der Waals surface area contributed by atoms with Gasteiger partial charge >= 0.3 is 7.82 Å². The Morgan fingerprint density at radius 3 is 2.58 bits per heavy atom. The summed E-state index contributed by atoms with van der Waals surface area (Å²) in [5.41, 5.74) is 0. The predicted octanol–water partition coefficient (Wildman–Crippen LogP) is 1.03. The fourth-order valence-corrected chi connectivity index (χ4v) is 0.858. The summed E-state index contributed by atoms with van der Waals surface area (Å²) in [6.07, 6.45) is 2.75. The van der Waals surface area contributed by atoms with E-state index in [0.29, 0.717) is 0 Å². The van der Waals surface area contributed by atoms with Gasteiger partial charge in [-0.2, -0.15) is 0 Å². The molecule has 0 aliphatic rings. The van der Waals surface area contributed by atoms with E-state index < -0.39 is 7.82 Å². The molecule has 1 unspecified atom stereocenters. The normalized spacial score (nSPS) is 15.0. The molecule has 0 aromatic rings. The number of phosphoric ester groups is 1. The molecule has 0 saturated carbocycles. The van der Waals surface area contributed by atoms with E-state index in [4.69, 9.17) is 14.5 Å². The van der Waals surface area contributed by atoms with Crippen LogP contribution in [0.3, 0.4) is 0 Å². The number of hydrogen-bond donors (Lipinski definition) is 2. The summed E-state index contributed by atoms with van der Waals surface area (Å²) >= 11 is 0. The molecule has 0 aliphatic carbocycles. The van der Waals surface area contributed by atoms with Gasteiger partial charge in [0.05, 0.1) is 12.9 Å². The van der Waals surface area contributed by atoms with Crippen LogP contribution in [0.25, 0.3) is 0 Å². The molecule has 6 heteroatoms. The number of allylic oxidation sites excluding steroid dienone is 1. The maximum atomic E-state index is 10.2. The lowest BCUT2D eigenvalue weighted by Gasteiger charge is -2.11. The molecular weight excluding hydrogens is 183 g/mol. The van der Waals surface area contributed by atoms with E-state index in [1.54, 1.807) is 19.9 Å². The van der Waals surface area contributed by atoms with Gasteiger partial charge in [-0.05, 0) is 13.8 Å². The molecule has 0 amide bonds. The highest BCUT2D eigenvalue weighted by atomic mass is 31.2. The minimum Gasteiger partial charge on any atom is -0.496 e. The Labute approximate surface area is 71.2 Å². The largest absolute Gasteiger partial charge is 0.496 e. The molecule has 0 bridgehead atoms. The highest BCUT2D eigenvalue weighted by Gasteiger charge is 2.15. The smallest absolute Gasteiger partial charge is 0.469 e. The SMILES string of the molecule is CC=COC(C)COP(=O)(O)O. The monoisotopic (exact) mass is 196 g/mol. The lowest BCUT2D eigenvalue weighted by atomic mass is 10.4. The molecule has 2 N–H and O–H groups in total. The van der Waals surface area contributed by atoms with Crippen LogP contribution in [-0.4, -0.2) is 22.5 Å². The number of phosphoric acid groups is 1. The van der Waals surface area contributed by atoms with Crippen molar-refractivity contribution in [1.29, 1.82) is 0 Å². The molecule has 0 heterocycles. The summed E-state index contributed by atoms with van der Waals surface area (Å²) in [5.74, 6) is 0. The lowest BCUT2D eigenvalue weighted by molar-refractivity contribution is 0.0824. The first-order valence-electron chi connectivity index (χ1n) is 3.42. The van der Waals surface area contributed by atoms with Crippen molar-refractivity contribution in [2.24, 2.45) is 0 Å². The van der Waals surface area contributed by atoms with Gasteiger partial charge in [-0.25, -0.2) is 4.57 Å². The molecular formula is C6H13O5P. The van der Waals surface area contributed by atoms with Crippen LogP contribution in [-0.2, 0) is 13.8 Å². The van der Waals surface area contributed by atoms with Crippen molar-refractivity contribution in [1.82, 2.24) is 0 Å². The van der Waals surface area contributed by atoms with Crippen LogP contribution in [0.4, 0.5) is 0 Å². The molecule has 0 rings (SSSR count). The van der Waals surface area contributed by atoms with Crippen LogP contribution < -0.4 is 0 Å². The molecule has 0 aromatic heterocycles. The van der Waals surface area contributed by atoms with Crippen molar-refractivity contribution in [3.05, 3.63) is 12.3 Å². The Balaban J connectivity index is 3.57. The van der Waals surface area contributed by atoms with Crippen molar-refractivity contribution in [2.75, 3.05) is 6.61 Å². The Morgan fingerprint density at radius 1 is 1.58 bits per heavy atom. The van der Waals surface area contributed by atoms with Gasteiger partial charge in [0.2, 0.25) is 0 Å². The maximum absolute atomic E-state index is 10.2. The molecule has 12 heavy (non-hydrogen) atoms. The molecule has 0 radical (unpaired) electrons. The number of rotatable bonds is 5. The molecule has 0 aromatic carbocycles. The summed E-state index contributed by atoms with van der Waals surface area (Å²) < 4.78 is 19.3. The van der Waals surface area contributed by atoms with E-state index in [-0.39, 0.29) is 12.7 Å². The van der Waals surface area contributed by atoms with Gasteiger partial charge in [0.1, 0.15) is 6.10 Å². The van der Waals surface area contributed by atoms with E-state index in [1.807, 2.05) is 0 Å². The van der Waals surface area contributed by atoms with E-state index in [9.17, 15) is 4.57 Å². The van der Waals surface area contributed by atoms with Crippen LogP contribution in [0, 0.1) is 0 Å². The second-order valence-corrected chi connectivity index (χ2v) is 3.44. The van der Waals surface area contributed by atoms with Gasteiger partial charge in [0.25, 0.3) is 0 Å². The van der Waals surface area contributed by atoms with Gasteiger partial charge in [-0.3, -0.25) is 4.52 Å². The van der Waals surface area contributed by atoms with Crippen LogP contribution in [0.1, 0.15) is 13.8 Å². The third kappa shape index (κ3) is 7.75. The highest BCUT2D eigenvalue weighted by Crippen LogP contribution is 2.35. The van der Waals surface area contributed by atoms with Crippen molar-refractivity contribution in [3.8, 4) is 0 Å². The average molecular weight is 196 g/mol. The Morgan fingerprint density at radius 2 is 2.17 bits per heavy atom. The molecule has 72 valence electrons. The predicted molar refractivity (Wildman–Crippen MR) is 43.4 cm³/mol. The summed E-state index contributed by atoms with van der Waals surface area (Å²) in [4.78, 5) is 16.6. The van der Waals surface area contributed by atoms with Crippen LogP contribution in [0.2, 0.25) is 0 Å². The molecule has 5 nitrogen and oxygen atoms in total. The van der Waals surface area contributed by atoms with Crippen LogP contribution >= 0.6 is 7.82 Å². The zero-order chi connectivity index (χ0) is 9.61. The van der Waals surface area contributed by atoms with Crippen molar-refractivity contribution >= 4 is 7.82 Å². The van der Waals surface area contributed by atoms with E-state index in [1.165, 1.54) is 6.26 Å². The zero-order valence-electron chi connectivity index (χ0n) is 7.01. The first-order valence-corrected chi connectivity index (χ1v) is 4.95. The molecule has 0 fully saturated rings. The van der Waals surface area contributed by atoms with Crippen molar-refractivity contribution in [2.45, 2.75) is 20.0 Å². The summed E-state index contributed by atoms with van der Waals surface area (Å²) in [6.45, 7) is 3.29. The second-order valence-electron chi connectivity index (χ2n) is 2.20. The van der Waals surface area contributed by atoms with Gasteiger partial charge in [-0.15, -0.1) is 0 Å². The first-order chi connectivity index (χ1) is 5.45. The first kappa shape index (κ1) is 11.6. The lowest BCUT2D eigenvalue weighted by Crippen LogP contribution is -2.12. The van der Waals surface area contributed by atoms with E-state index in [0.717, 1.165) is 0 Å². The molecule has 0 aliphatic heterocycles. The van der Waals surface area contributed by atoms with Gasteiger partial charge in [0, 0.05) is 0 Å². The zero-order valence-corrected chi connectivity index (χ0v) is 7.90. The quantitative estimate of drug-likeness (QED) is 0.507. The van der Waals surface area contributed by atoms with Crippen molar-refractivity contribution in [3.63, 3.8) is 0 Å². The van der Waals surface area contributed by atoms with E-state index in [2.05, 4.69) is 4.52 Å². The molecule has 1 atom stereocenters. The standard InChI is InChI=1S/C6H13O5P/c1-3-4-10-6(2)5-11-12(7,8)9/h3-4,6H,5H2,1-2H3,(H2,7,8,9). The number of ether oxygens (including phenoxy) is 1. The third-order valence-electron chi connectivity index (χ3n) is 0.924. The topological polar surface area (TPSA) is 76.0 Å². The summed E-state index contributed by atoms with van der Waals surface area (Å²) in [7, 11) is -4.36. The van der Waals surface area contributed by atoms with Crippen molar-refractivity contribution < 1.29 is 23.6 Å². The third-order valence-corrected chi connectivity index (χ3v) is 1.41. The van der Waals surface area contributed by atoms with Crippen LogP contribution in [0.5, 0.6) is 0 Å². The molecule has 0 spiro atoms. The van der Waals surface area contributed by atoms with Gasteiger partial charge < -0.3 is 14.5 Å². The molecule has 0 saturated heterocycles. The average Bonchev–Trinajstić information content (AvgIpc) is 1.95. The van der Waals surface area contributed by atoms with Gasteiger partial charge in [0.15, 0.2) is 0 Å². The minimum absolute atomic E-state index is 0.130. The van der Waals surface area contributed by atoms with E-state index >= 15 is 0 Å². The maximum Gasteiger partial charge on any atom is 0.469 e. The summed E-state index contributed by atoms with van der Waals surface area (Å²) in [5, 5.41) is 0. The summed E-state index contributed by atoms with van der Waals surface area (Å²) in [6, 6.07) is 0. The Hall–Kier alpha value is -0.350. The van der Waals surface area contributed by atoms with Gasteiger partial charge in [-0.1, -0.05) is 6.08 Å². The van der Waals surface area contributed by atoms with Crippen LogP contribution in [0.15, 0.2) is 12.3 Å². The Bertz CT molecular complexity index is 184. The number of hydrogen-bond acceptors (Lipinski definition) is 3. The second kappa shape index (κ2) is 5.32. The Kier molecular flexibility index (Phi) is 5.17. The minimum atomic E-state index is -4.36. The highest BCUT2D eigenvalue weighted by molar-refractivity contribution is 7.46.